The van der Waals surface area contributed by atoms with Gasteiger partial charge in [-0.15, -0.1) is 0 Å². The molecule has 25 heavy (non-hydrogen) atoms. The third-order valence-electron chi connectivity index (χ3n) is 4.05. The van der Waals surface area contributed by atoms with E-state index in [1.54, 1.807) is 12.1 Å². The second-order valence-corrected chi connectivity index (χ2v) is 5.63. The zero-order valence-corrected chi connectivity index (χ0v) is 14.2. The maximum absolute atomic E-state index is 12.6. The van der Waals surface area contributed by atoms with Gasteiger partial charge >= 0.3 is 12.1 Å². The van der Waals surface area contributed by atoms with Crippen molar-refractivity contribution < 1.29 is 19.1 Å². The monoisotopic (exact) mass is 337 g/mol. The van der Waals surface area contributed by atoms with Crippen LogP contribution >= 0.6 is 0 Å². The predicted molar refractivity (Wildman–Crippen MR) is 94.7 cm³/mol. The molecule has 128 valence electrons. The van der Waals surface area contributed by atoms with Gasteiger partial charge in [0.05, 0.1) is 18.2 Å². The van der Waals surface area contributed by atoms with E-state index in [0.29, 0.717) is 17.5 Å². The summed E-state index contributed by atoms with van der Waals surface area (Å²) in [6.07, 6.45) is 0.209. The SMILES string of the molecule is CCc1cc2ccc(C(=O)OC)cc2n1C(=O)OCc1ccccc1. The van der Waals surface area contributed by atoms with Crippen LogP contribution in [0.5, 0.6) is 0 Å². The molecule has 0 N–H and O–H groups in total. The van der Waals surface area contributed by atoms with Crippen LogP contribution in [-0.2, 0) is 22.5 Å². The van der Waals surface area contributed by atoms with Crippen molar-refractivity contribution in [3.05, 3.63) is 71.4 Å². The third-order valence-corrected chi connectivity index (χ3v) is 4.05. The first-order chi connectivity index (χ1) is 12.1. The molecule has 3 aromatic rings. The van der Waals surface area contributed by atoms with Crippen molar-refractivity contribution in [2.75, 3.05) is 7.11 Å². The minimum atomic E-state index is -0.460. The van der Waals surface area contributed by atoms with Crippen molar-refractivity contribution >= 4 is 23.0 Å². The molecule has 1 heterocycles. The summed E-state index contributed by atoms with van der Waals surface area (Å²) in [4.78, 5) is 24.4. The van der Waals surface area contributed by atoms with Gasteiger partial charge in [-0.05, 0) is 30.2 Å². The van der Waals surface area contributed by atoms with Crippen LogP contribution in [0.2, 0.25) is 0 Å². The Bertz CT molecular complexity index is 912. The van der Waals surface area contributed by atoms with Crippen LogP contribution < -0.4 is 0 Å². The Balaban J connectivity index is 1.95. The topological polar surface area (TPSA) is 57.5 Å². The molecule has 0 amide bonds. The average molecular weight is 337 g/mol. The number of carbonyl (C=O) groups excluding carboxylic acids is 2. The van der Waals surface area contributed by atoms with Crippen LogP contribution in [0.3, 0.4) is 0 Å². The van der Waals surface area contributed by atoms with Gasteiger partial charge in [-0.2, -0.15) is 0 Å². The van der Waals surface area contributed by atoms with Gasteiger partial charge in [-0.3, -0.25) is 0 Å². The first-order valence-corrected chi connectivity index (χ1v) is 8.07. The predicted octanol–water partition coefficient (Wildman–Crippen LogP) is 4.18. The highest BCUT2D eigenvalue weighted by atomic mass is 16.5. The summed E-state index contributed by atoms with van der Waals surface area (Å²) in [7, 11) is 1.33. The lowest BCUT2D eigenvalue weighted by Crippen LogP contribution is -2.16. The van der Waals surface area contributed by atoms with Crippen molar-refractivity contribution in [3.8, 4) is 0 Å². The van der Waals surface area contributed by atoms with Crippen LogP contribution in [0.25, 0.3) is 10.9 Å². The lowest BCUT2D eigenvalue weighted by Gasteiger charge is -2.10. The number of rotatable bonds is 4. The van der Waals surface area contributed by atoms with Gasteiger partial charge < -0.3 is 9.47 Å². The van der Waals surface area contributed by atoms with Gasteiger partial charge in [0.25, 0.3) is 0 Å². The summed E-state index contributed by atoms with van der Waals surface area (Å²) >= 11 is 0. The fraction of sp³-hybridized carbons (Fsp3) is 0.200. The number of ether oxygens (including phenoxy) is 2. The smallest absolute Gasteiger partial charge is 0.419 e. The number of hydrogen-bond donors (Lipinski definition) is 0. The van der Waals surface area contributed by atoms with Gasteiger partial charge in [-0.1, -0.05) is 43.3 Å². The van der Waals surface area contributed by atoms with E-state index in [1.807, 2.05) is 49.4 Å². The molecule has 0 spiro atoms. The molecule has 0 bridgehead atoms. The van der Waals surface area contributed by atoms with Crippen LogP contribution in [0, 0.1) is 0 Å². The maximum atomic E-state index is 12.6. The number of esters is 1. The lowest BCUT2D eigenvalue weighted by atomic mass is 10.1. The van der Waals surface area contributed by atoms with Crippen molar-refractivity contribution in [2.45, 2.75) is 20.0 Å². The number of aryl methyl sites for hydroxylation is 1. The molecular weight excluding hydrogens is 318 g/mol. The Kier molecular flexibility index (Phi) is 4.84. The Hall–Kier alpha value is -3.08. The van der Waals surface area contributed by atoms with E-state index in [2.05, 4.69) is 0 Å². The summed E-state index contributed by atoms with van der Waals surface area (Å²) < 4.78 is 11.7. The van der Waals surface area contributed by atoms with Crippen molar-refractivity contribution in [2.24, 2.45) is 0 Å². The summed E-state index contributed by atoms with van der Waals surface area (Å²) in [5, 5.41) is 0.876. The molecule has 0 saturated carbocycles. The van der Waals surface area contributed by atoms with Gasteiger partial charge in [-0.25, -0.2) is 14.2 Å². The Morgan fingerprint density at radius 3 is 2.48 bits per heavy atom. The molecule has 5 heteroatoms. The molecule has 0 aliphatic carbocycles. The van der Waals surface area contributed by atoms with E-state index < -0.39 is 12.1 Å². The zero-order chi connectivity index (χ0) is 17.8. The summed E-state index contributed by atoms with van der Waals surface area (Å²) in [6.45, 7) is 2.16. The largest absolute Gasteiger partial charge is 0.465 e. The molecule has 5 nitrogen and oxygen atoms in total. The first kappa shape index (κ1) is 16.8. The summed E-state index contributed by atoms with van der Waals surface area (Å²) in [6, 6.07) is 16.6. The number of carbonyl (C=O) groups is 2. The van der Waals surface area contributed by atoms with Crippen LogP contribution in [0.15, 0.2) is 54.6 Å². The highest BCUT2D eigenvalue weighted by Gasteiger charge is 2.17. The molecule has 0 radical (unpaired) electrons. The molecule has 0 atom stereocenters. The lowest BCUT2D eigenvalue weighted by molar-refractivity contribution is 0.0600. The second-order valence-electron chi connectivity index (χ2n) is 5.63. The van der Waals surface area contributed by atoms with Crippen molar-refractivity contribution in [1.29, 1.82) is 0 Å². The fourth-order valence-electron chi connectivity index (χ4n) is 2.76. The minimum absolute atomic E-state index is 0.194. The van der Waals surface area contributed by atoms with E-state index in [-0.39, 0.29) is 6.61 Å². The molecule has 1 aromatic heterocycles. The van der Waals surface area contributed by atoms with Crippen LogP contribution in [0.4, 0.5) is 4.79 Å². The minimum Gasteiger partial charge on any atom is -0.465 e. The number of hydrogen-bond acceptors (Lipinski definition) is 4. The standard InChI is InChI=1S/C20H19NO4/c1-3-17-11-15-9-10-16(19(22)24-2)12-18(15)21(17)20(23)25-13-14-7-5-4-6-8-14/h4-12H,3,13H2,1-2H3. The fourth-order valence-corrected chi connectivity index (χ4v) is 2.76. The highest BCUT2D eigenvalue weighted by Crippen LogP contribution is 2.23. The van der Waals surface area contributed by atoms with Crippen LogP contribution in [0.1, 0.15) is 28.5 Å². The first-order valence-electron chi connectivity index (χ1n) is 8.07. The molecule has 0 aliphatic rings. The Morgan fingerprint density at radius 2 is 1.80 bits per heavy atom. The highest BCUT2D eigenvalue weighted by molar-refractivity contribution is 5.97. The summed E-state index contributed by atoms with van der Waals surface area (Å²) in [5.41, 5.74) is 2.78. The van der Waals surface area contributed by atoms with Gasteiger partial charge in [0.1, 0.15) is 6.61 Å². The van der Waals surface area contributed by atoms with E-state index in [0.717, 1.165) is 16.6 Å². The molecule has 0 saturated heterocycles. The second kappa shape index (κ2) is 7.21. The van der Waals surface area contributed by atoms with Gasteiger partial charge in [0.15, 0.2) is 0 Å². The molecule has 0 fully saturated rings. The molecule has 3 rings (SSSR count). The Labute approximate surface area is 145 Å². The van der Waals surface area contributed by atoms with Crippen molar-refractivity contribution in [3.63, 3.8) is 0 Å². The van der Waals surface area contributed by atoms with Crippen LogP contribution in [-0.4, -0.2) is 23.7 Å². The summed E-state index contributed by atoms with van der Waals surface area (Å²) in [5.74, 6) is -0.439. The van der Waals surface area contributed by atoms with E-state index >= 15 is 0 Å². The number of methoxy groups -OCH3 is 1. The van der Waals surface area contributed by atoms with Crippen molar-refractivity contribution in [1.82, 2.24) is 4.57 Å². The average Bonchev–Trinajstić information content (AvgIpc) is 3.04. The van der Waals surface area contributed by atoms with E-state index in [1.165, 1.54) is 11.7 Å². The molecule has 0 aliphatic heterocycles. The third kappa shape index (κ3) is 3.40. The van der Waals surface area contributed by atoms with E-state index in [9.17, 15) is 9.59 Å². The quantitative estimate of drug-likeness (QED) is 0.670. The number of nitrogens with zero attached hydrogens (tertiary/aromatic N) is 1. The van der Waals surface area contributed by atoms with Gasteiger partial charge in [0, 0.05) is 11.1 Å². The van der Waals surface area contributed by atoms with Gasteiger partial charge in [0.2, 0.25) is 0 Å². The number of benzene rings is 2. The maximum Gasteiger partial charge on any atom is 0.419 e. The normalized spacial score (nSPS) is 10.6. The Morgan fingerprint density at radius 1 is 1.04 bits per heavy atom. The molecule has 2 aromatic carbocycles. The van der Waals surface area contributed by atoms with E-state index in [4.69, 9.17) is 9.47 Å². The number of fused-ring (bicyclic) bond motifs is 1. The molecule has 0 unspecified atom stereocenters. The molecular formula is C20H19NO4. The number of aromatic nitrogens is 1. The zero-order valence-electron chi connectivity index (χ0n) is 14.2.